The minimum absolute atomic E-state index is 0.209. The van der Waals surface area contributed by atoms with Crippen LogP contribution in [0.2, 0.25) is 0 Å². The van der Waals surface area contributed by atoms with Crippen LogP contribution in [-0.2, 0) is 6.42 Å². The molecule has 3 heteroatoms. The highest BCUT2D eigenvalue weighted by Gasteiger charge is 2.26. The van der Waals surface area contributed by atoms with Crippen LogP contribution < -0.4 is 15.4 Å². The van der Waals surface area contributed by atoms with Gasteiger partial charge in [0.25, 0.3) is 0 Å². The Kier molecular flexibility index (Phi) is 5.41. The molecule has 128 valence electrons. The highest BCUT2D eigenvalue weighted by Crippen LogP contribution is 2.30. The summed E-state index contributed by atoms with van der Waals surface area (Å²) in [5, 5.41) is 0. The maximum absolute atomic E-state index is 6.36. The van der Waals surface area contributed by atoms with Crippen LogP contribution in [0.5, 0.6) is 5.75 Å². The van der Waals surface area contributed by atoms with E-state index in [2.05, 4.69) is 48.2 Å². The summed E-state index contributed by atoms with van der Waals surface area (Å²) in [7, 11) is 0. The smallest absolute Gasteiger partial charge is 0.119 e. The van der Waals surface area contributed by atoms with Crippen molar-refractivity contribution in [3.8, 4) is 5.75 Å². The topological polar surface area (TPSA) is 38.5 Å². The molecule has 0 aromatic heterocycles. The fraction of sp³-hybridized carbons (Fsp3) is 0.429. The van der Waals surface area contributed by atoms with Crippen LogP contribution in [0.25, 0.3) is 0 Å². The van der Waals surface area contributed by atoms with Gasteiger partial charge in [-0.05, 0) is 55.2 Å². The molecule has 1 aliphatic rings. The summed E-state index contributed by atoms with van der Waals surface area (Å²) < 4.78 is 5.54. The lowest BCUT2D eigenvalue weighted by molar-refractivity contribution is 0.340. The van der Waals surface area contributed by atoms with Gasteiger partial charge >= 0.3 is 0 Å². The Bertz CT molecular complexity index is 636. The average molecular weight is 324 g/mol. The summed E-state index contributed by atoms with van der Waals surface area (Å²) in [5.74, 6) is 1.42. The first-order valence-corrected chi connectivity index (χ1v) is 9.01. The molecular formula is C21H28N2O. The van der Waals surface area contributed by atoms with E-state index in [0.29, 0.717) is 12.5 Å². The Balaban J connectivity index is 1.74. The maximum Gasteiger partial charge on any atom is 0.119 e. The molecule has 1 aliphatic heterocycles. The van der Waals surface area contributed by atoms with E-state index in [1.807, 2.05) is 19.1 Å². The van der Waals surface area contributed by atoms with Crippen LogP contribution in [0.4, 0.5) is 5.69 Å². The number of rotatable bonds is 5. The fourth-order valence-electron chi connectivity index (χ4n) is 3.54. The normalized spacial score (nSPS) is 20.9. The van der Waals surface area contributed by atoms with Gasteiger partial charge < -0.3 is 15.4 Å². The number of ether oxygens (including phenoxy) is 1. The minimum atomic E-state index is 0.209. The van der Waals surface area contributed by atoms with Crippen molar-refractivity contribution in [2.45, 2.75) is 38.6 Å². The van der Waals surface area contributed by atoms with Crippen molar-refractivity contribution >= 4 is 5.69 Å². The molecule has 0 radical (unpaired) electrons. The van der Waals surface area contributed by atoms with Crippen molar-refractivity contribution in [3.05, 3.63) is 59.7 Å². The number of piperidine rings is 1. The molecule has 3 nitrogen and oxygen atoms in total. The summed E-state index contributed by atoms with van der Waals surface area (Å²) in [5.41, 5.74) is 10.4. The first-order valence-electron chi connectivity index (χ1n) is 9.01. The third-order valence-corrected chi connectivity index (χ3v) is 4.86. The Hall–Kier alpha value is -2.00. The summed E-state index contributed by atoms with van der Waals surface area (Å²) in [6, 6.07) is 17.6. The molecule has 2 aromatic rings. The van der Waals surface area contributed by atoms with Gasteiger partial charge in [-0.2, -0.15) is 0 Å². The number of aryl methyl sites for hydroxylation is 1. The molecule has 2 unspecified atom stereocenters. The average Bonchev–Trinajstić information content (AvgIpc) is 2.62. The summed E-state index contributed by atoms with van der Waals surface area (Å²) in [4.78, 5) is 2.41. The third-order valence-electron chi connectivity index (χ3n) is 4.86. The molecule has 0 spiro atoms. The van der Waals surface area contributed by atoms with Gasteiger partial charge in [0, 0.05) is 30.7 Å². The zero-order chi connectivity index (χ0) is 16.9. The second kappa shape index (κ2) is 7.71. The van der Waals surface area contributed by atoms with Gasteiger partial charge in [-0.15, -0.1) is 0 Å². The molecule has 0 aliphatic carbocycles. The lowest BCUT2D eigenvalue weighted by atomic mass is 9.87. The molecule has 0 bridgehead atoms. The molecule has 2 atom stereocenters. The molecule has 3 rings (SSSR count). The van der Waals surface area contributed by atoms with Gasteiger partial charge in [0.05, 0.1) is 6.61 Å². The molecule has 1 heterocycles. The van der Waals surface area contributed by atoms with Crippen molar-refractivity contribution in [2.75, 3.05) is 24.6 Å². The maximum atomic E-state index is 6.36. The predicted molar refractivity (Wildman–Crippen MR) is 101 cm³/mol. The van der Waals surface area contributed by atoms with Gasteiger partial charge in [-0.1, -0.05) is 31.2 Å². The van der Waals surface area contributed by atoms with Crippen LogP contribution in [-0.4, -0.2) is 25.7 Å². The first-order chi connectivity index (χ1) is 11.7. The van der Waals surface area contributed by atoms with E-state index in [-0.39, 0.29) is 6.04 Å². The van der Waals surface area contributed by atoms with Gasteiger partial charge in [0.15, 0.2) is 0 Å². The molecular weight excluding hydrogens is 296 g/mol. The molecule has 0 saturated carbocycles. The number of nitrogens with two attached hydrogens (primary N) is 1. The zero-order valence-electron chi connectivity index (χ0n) is 14.7. The monoisotopic (exact) mass is 324 g/mol. The number of nitrogens with zero attached hydrogens (tertiary/aromatic N) is 1. The molecule has 2 aromatic carbocycles. The van der Waals surface area contributed by atoms with E-state index < -0.39 is 0 Å². The van der Waals surface area contributed by atoms with Crippen LogP contribution in [0.1, 0.15) is 37.3 Å². The molecule has 1 saturated heterocycles. The van der Waals surface area contributed by atoms with E-state index in [1.54, 1.807) is 0 Å². The SMILES string of the molecule is CCOc1ccc(N2CC(N)CC(c3ccc(CC)cc3)C2)cc1. The van der Waals surface area contributed by atoms with Crippen molar-refractivity contribution in [3.63, 3.8) is 0 Å². The molecule has 2 N–H and O–H groups in total. The summed E-state index contributed by atoms with van der Waals surface area (Å²) in [6.45, 7) is 6.83. The van der Waals surface area contributed by atoms with Crippen LogP contribution in [0.15, 0.2) is 48.5 Å². The highest BCUT2D eigenvalue weighted by atomic mass is 16.5. The van der Waals surface area contributed by atoms with Crippen molar-refractivity contribution in [1.29, 1.82) is 0 Å². The number of hydrogen-bond donors (Lipinski definition) is 1. The summed E-state index contributed by atoms with van der Waals surface area (Å²) >= 11 is 0. The second-order valence-electron chi connectivity index (χ2n) is 6.62. The van der Waals surface area contributed by atoms with Gasteiger partial charge in [0.1, 0.15) is 5.75 Å². The lowest BCUT2D eigenvalue weighted by Gasteiger charge is -2.38. The number of benzene rings is 2. The minimum Gasteiger partial charge on any atom is -0.494 e. The zero-order valence-corrected chi connectivity index (χ0v) is 14.7. The Labute approximate surface area is 145 Å². The largest absolute Gasteiger partial charge is 0.494 e. The van der Waals surface area contributed by atoms with Crippen molar-refractivity contribution in [1.82, 2.24) is 0 Å². The Morgan fingerprint density at radius 1 is 1.00 bits per heavy atom. The van der Waals surface area contributed by atoms with Crippen molar-refractivity contribution < 1.29 is 4.74 Å². The standard InChI is InChI=1S/C21H28N2O/c1-3-16-5-7-17(8-6-16)18-13-19(22)15-23(14-18)20-9-11-21(12-10-20)24-4-2/h5-12,18-19H,3-4,13-15,22H2,1-2H3. The van der Waals surface area contributed by atoms with E-state index >= 15 is 0 Å². The van der Waals surface area contributed by atoms with Crippen LogP contribution in [0.3, 0.4) is 0 Å². The molecule has 1 fully saturated rings. The van der Waals surface area contributed by atoms with E-state index in [9.17, 15) is 0 Å². The van der Waals surface area contributed by atoms with Gasteiger partial charge in [0.2, 0.25) is 0 Å². The van der Waals surface area contributed by atoms with Gasteiger partial charge in [-0.25, -0.2) is 0 Å². The predicted octanol–water partition coefficient (Wildman–Crippen LogP) is 3.97. The van der Waals surface area contributed by atoms with Crippen LogP contribution >= 0.6 is 0 Å². The lowest BCUT2D eigenvalue weighted by Crippen LogP contribution is -2.46. The van der Waals surface area contributed by atoms with Gasteiger partial charge in [-0.3, -0.25) is 0 Å². The Morgan fingerprint density at radius 2 is 1.71 bits per heavy atom. The number of hydrogen-bond acceptors (Lipinski definition) is 3. The fourth-order valence-corrected chi connectivity index (χ4v) is 3.54. The molecule has 0 amide bonds. The third kappa shape index (κ3) is 3.90. The molecule has 24 heavy (non-hydrogen) atoms. The van der Waals surface area contributed by atoms with E-state index in [0.717, 1.165) is 31.7 Å². The van der Waals surface area contributed by atoms with Crippen LogP contribution in [0, 0.1) is 0 Å². The van der Waals surface area contributed by atoms with Crippen molar-refractivity contribution in [2.24, 2.45) is 5.73 Å². The summed E-state index contributed by atoms with van der Waals surface area (Å²) in [6.07, 6.45) is 2.14. The Morgan fingerprint density at radius 3 is 2.33 bits per heavy atom. The highest BCUT2D eigenvalue weighted by molar-refractivity contribution is 5.50. The first kappa shape index (κ1) is 16.8. The van der Waals surface area contributed by atoms with E-state index in [4.69, 9.17) is 10.5 Å². The van der Waals surface area contributed by atoms with E-state index in [1.165, 1.54) is 16.8 Å². The second-order valence-corrected chi connectivity index (χ2v) is 6.62. The number of anilines is 1. The quantitative estimate of drug-likeness (QED) is 0.904.